The molecule has 3 N–H and O–H groups in total. The minimum Gasteiger partial charge on any atom is -0.382 e. The van der Waals surface area contributed by atoms with Gasteiger partial charge < -0.3 is 16.0 Å². The molecule has 2 aromatic heterocycles. The van der Waals surface area contributed by atoms with Gasteiger partial charge in [0.05, 0.1) is 11.9 Å². The summed E-state index contributed by atoms with van der Waals surface area (Å²) < 4.78 is 1.63. The summed E-state index contributed by atoms with van der Waals surface area (Å²) in [5.74, 6) is 0.0525. The van der Waals surface area contributed by atoms with Gasteiger partial charge >= 0.3 is 0 Å². The quantitative estimate of drug-likeness (QED) is 0.890. The Morgan fingerprint density at radius 2 is 2.20 bits per heavy atom. The number of anilines is 3. The first-order chi connectivity index (χ1) is 9.63. The van der Waals surface area contributed by atoms with E-state index in [0.717, 1.165) is 31.1 Å². The minimum absolute atomic E-state index is 0.238. The second kappa shape index (κ2) is 5.12. The van der Waals surface area contributed by atoms with Crippen LogP contribution in [0.2, 0.25) is 0 Å². The summed E-state index contributed by atoms with van der Waals surface area (Å²) in [5.41, 5.74) is 6.51. The molecule has 1 amide bonds. The van der Waals surface area contributed by atoms with E-state index in [1.54, 1.807) is 24.1 Å². The maximum Gasteiger partial charge on any atom is 0.269 e. The van der Waals surface area contributed by atoms with Gasteiger partial charge in [-0.3, -0.25) is 9.48 Å². The van der Waals surface area contributed by atoms with Crippen LogP contribution in [-0.4, -0.2) is 33.8 Å². The maximum atomic E-state index is 12.2. The molecule has 0 aromatic carbocycles. The Balaban J connectivity index is 1.77. The van der Waals surface area contributed by atoms with E-state index in [1.807, 2.05) is 0 Å². The number of nitrogens with zero attached hydrogens (tertiary/aromatic N) is 4. The van der Waals surface area contributed by atoms with Crippen LogP contribution >= 0.6 is 11.3 Å². The van der Waals surface area contributed by atoms with E-state index in [0.29, 0.717) is 16.4 Å². The van der Waals surface area contributed by atoms with Gasteiger partial charge in [-0.1, -0.05) is 11.3 Å². The SMILES string of the molecule is Cn1cc(NC(=O)c2sc(N3CCCC3)nc2N)cn1. The lowest BCUT2D eigenvalue weighted by Crippen LogP contribution is -2.17. The number of nitrogens with one attached hydrogen (secondary N) is 1. The number of amides is 1. The van der Waals surface area contributed by atoms with Gasteiger partial charge in [-0.2, -0.15) is 5.10 Å². The van der Waals surface area contributed by atoms with Crippen molar-refractivity contribution in [2.75, 3.05) is 29.0 Å². The zero-order chi connectivity index (χ0) is 14.1. The molecule has 3 rings (SSSR count). The second-order valence-electron chi connectivity index (χ2n) is 4.76. The predicted octanol–water partition coefficient (Wildman–Crippen LogP) is 1.31. The monoisotopic (exact) mass is 292 g/mol. The Morgan fingerprint density at radius 3 is 2.85 bits per heavy atom. The lowest BCUT2D eigenvalue weighted by atomic mass is 10.4. The van der Waals surface area contributed by atoms with E-state index in [9.17, 15) is 4.79 Å². The highest BCUT2D eigenvalue weighted by atomic mass is 32.1. The lowest BCUT2D eigenvalue weighted by Gasteiger charge is -2.11. The number of hydrogen-bond acceptors (Lipinski definition) is 6. The predicted molar refractivity (Wildman–Crippen MR) is 79.1 cm³/mol. The Labute approximate surface area is 120 Å². The molecular weight excluding hydrogens is 276 g/mol. The van der Waals surface area contributed by atoms with Crippen molar-refractivity contribution in [1.29, 1.82) is 0 Å². The fourth-order valence-corrected chi connectivity index (χ4v) is 3.13. The van der Waals surface area contributed by atoms with Crippen molar-refractivity contribution in [2.24, 2.45) is 7.05 Å². The fraction of sp³-hybridized carbons (Fsp3) is 0.417. The van der Waals surface area contributed by atoms with Crippen molar-refractivity contribution in [3.63, 3.8) is 0 Å². The Kier molecular flexibility index (Phi) is 3.31. The van der Waals surface area contributed by atoms with Crippen LogP contribution in [0.3, 0.4) is 0 Å². The van der Waals surface area contributed by atoms with Crippen molar-refractivity contribution >= 4 is 33.9 Å². The summed E-state index contributed by atoms with van der Waals surface area (Å²) in [6, 6.07) is 0. The van der Waals surface area contributed by atoms with Gasteiger partial charge in [-0.05, 0) is 12.8 Å². The summed E-state index contributed by atoms with van der Waals surface area (Å²) in [6.45, 7) is 1.97. The van der Waals surface area contributed by atoms with Crippen LogP contribution < -0.4 is 16.0 Å². The number of nitrogen functional groups attached to an aromatic ring is 1. The molecule has 1 aliphatic rings. The highest BCUT2D eigenvalue weighted by molar-refractivity contribution is 7.18. The number of thiazole rings is 1. The van der Waals surface area contributed by atoms with E-state index >= 15 is 0 Å². The first kappa shape index (κ1) is 12.9. The third kappa shape index (κ3) is 2.46. The molecule has 0 atom stereocenters. The molecule has 3 heterocycles. The van der Waals surface area contributed by atoms with Gasteiger partial charge in [0.15, 0.2) is 5.13 Å². The van der Waals surface area contributed by atoms with Crippen molar-refractivity contribution in [3.8, 4) is 0 Å². The zero-order valence-corrected chi connectivity index (χ0v) is 12.0. The minimum atomic E-state index is -0.238. The van der Waals surface area contributed by atoms with Gasteiger partial charge in [0.2, 0.25) is 0 Å². The molecule has 0 saturated carbocycles. The maximum absolute atomic E-state index is 12.2. The first-order valence-electron chi connectivity index (χ1n) is 6.45. The van der Waals surface area contributed by atoms with E-state index in [1.165, 1.54) is 11.3 Å². The number of hydrogen-bond donors (Lipinski definition) is 2. The van der Waals surface area contributed by atoms with Gasteiger partial charge in [0.25, 0.3) is 5.91 Å². The third-order valence-electron chi connectivity index (χ3n) is 3.19. The van der Waals surface area contributed by atoms with Crippen molar-refractivity contribution in [1.82, 2.24) is 14.8 Å². The van der Waals surface area contributed by atoms with Crippen LogP contribution in [0, 0.1) is 0 Å². The van der Waals surface area contributed by atoms with E-state index < -0.39 is 0 Å². The Bertz CT molecular complexity index is 628. The number of nitrogens with two attached hydrogens (primary N) is 1. The molecule has 1 saturated heterocycles. The lowest BCUT2D eigenvalue weighted by molar-refractivity contribution is 0.103. The van der Waals surface area contributed by atoms with E-state index in [2.05, 4.69) is 20.3 Å². The largest absolute Gasteiger partial charge is 0.382 e. The molecule has 0 radical (unpaired) electrons. The highest BCUT2D eigenvalue weighted by Crippen LogP contribution is 2.30. The van der Waals surface area contributed by atoms with E-state index in [4.69, 9.17) is 5.73 Å². The van der Waals surface area contributed by atoms with E-state index in [-0.39, 0.29) is 5.91 Å². The van der Waals surface area contributed by atoms with Crippen LogP contribution in [0.1, 0.15) is 22.5 Å². The highest BCUT2D eigenvalue weighted by Gasteiger charge is 2.21. The number of carbonyl (C=O) groups is 1. The number of carbonyl (C=O) groups excluding carboxylic acids is 1. The summed E-state index contributed by atoms with van der Waals surface area (Å²) in [4.78, 5) is 19.1. The van der Waals surface area contributed by atoms with Crippen LogP contribution in [0.25, 0.3) is 0 Å². The summed E-state index contributed by atoms with van der Waals surface area (Å²) in [7, 11) is 1.79. The van der Waals surface area contributed by atoms with Crippen molar-refractivity contribution in [3.05, 3.63) is 17.3 Å². The zero-order valence-electron chi connectivity index (χ0n) is 11.2. The van der Waals surface area contributed by atoms with Crippen LogP contribution in [0.5, 0.6) is 0 Å². The Morgan fingerprint density at radius 1 is 1.45 bits per heavy atom. The van der Waals surface area contributed by atoms with Crippen LogP contribution in [-0.2, 0) is 7.05 Å². The summed E-state index contributed by atoms with van der Waals surface area (Å²) >= 11 is 1.34. The topological polar surface area (TPSA) is 89.1 Å². The molecule has 20 heavy (non-hydrogen) atoms. The molecular formula is C12H16N6OS. The van der Waals surface area contributed by atoms with Crippen LogP contribution in [0.15, 0.2) is 12.4 Å². The van der Waals surface area contributed by atoms with Crippen molar-refractivity contribution < 1.29 is 4.79 Å². The molecule has 0 bridgehead atoms. The molecule has 1 fully saturated rings. The molecule has 0 aliphatic carbocycles. The number of rotatable bonds is 3. The molecule has 1 aliphatic heterocycles. The average Bonchev–Trinajstić information content (AvgIpc) is 3.09. The van der Waals surface area contributed by atoms with Gasteiger partial charge in [-0.25, -0.2) is 4.98 Å². The number of aryl methyl sites for hydroxylation is 1. The molecule has 2 aromatic rings. The smallest absolute Gasteiger partial charge is 0.269 e. The third-order valence-corrected chi connectivity index (χ3v) is 4.32. The van der Waals surface area contributed by atoms with Crippen LogP contribution in [0.4, 0.5) is 16.6 Å². The first-order valence-corrected chi connectivity index (χ1v) is 7.26. The van der Waals surface area contributed by atoms with Gasteiger partial charge in [0.1, 0.15) is 10.7 Å². The average molecular weight is 292 g/mol. The normalized spacial score (nSPS) is 14.8. The Hall–Kier alpha value is -2.09. The number of aromatic nitrogens is 3. The second-order valence-corrected chi connectivity index (χ2v) is 5.74. The molecule has 0 unspecified atom stereocenters. The fourth-order valence-electron chi connectivity index (χ4n) is 2.20. The van der Waals surface area contributed by atoms with Gasteiger partial charge in [0, 0.05) is 26.3 Å². The van der Waals surface area contributed by atoms with Gasteiger partial charge in [-0.15, -0.1) is 0 Å². The molecule has 106 valence electrons. The molecule has 8 heteroatoms. The standard InChI is InChI=1S/C12H16N6OS/c1-17-7-8(6-14-17)15-11(19)9-10(13)16-12(20-9)18-4-2-3-5-18/h6-7H,2-5,13H2,1H3,(H,15,19). The molecule has 0 spiro atoms. The molecule has 7 nitrogen and oxygen atoms in total. The summed E-state index contributed by atoms with van der Waals surface area (Å²) in [5, 5.41) is 7.61. The summed E-state index contributed by atoms with van der Waals surface area (Å²) in [6.07, 6.45) is 5.65. The van der Waals surface area contributed by atoms with Crippen molar-refractivity contribution in [2.45, 2.75) is 12.8 Å².